The summed E-state index contributed by atoms with van der Waals surface area (Å²) in [6, 6.07) is 2.42. The van der Waals surface area contributed by atoms with Crippen LogP contribution in [0.2, 0.25) is 0 Å². The molecule has 1 N–H and O–H groups in total. The maximum absolute atomic E-state index is 3.50. The maximum Gasteiger partial charge on any atom is 0.0223 e. The molecule has 2 rings (SSSR count). The van der Waals surface area contributed by atoms with Gasteiger partial charge in [-0.05, 0) is 58.3 Å². The van der Waals surface area contributed by atoms with E-state index in [0.29, 0.717) is 0 Å². The Balaban J connectivity index is 2.03. The van der Waals surface area contributed by atoms with E-state index in [4.69, 9.17) is 0 Å². The first-order valence-corrected chi connectivity index (χ1v) is 8.50. The molecule has 19 heavy (non-hydrogen) atoms. The second-order valence-electron chi connectivity index (χ2n) is 6.22. The summed E-state index contributed by atoms with van der Waals surface area (Å²) in [4.78, 5) is 5.59. The van der Waals surface area contributed by atoms with Crippen LogP contribution in [0.15, 0.2) is 0 Å². The van der Waals surface area contributed by atoms with Crippen LogP contribution in [0.25, 0.3) is 0 Å². The Kier molecular flexibility index (Phi) is 6.11. The number of piperidine rings is 1. The highest BCUT2D eigenvalue weighted by molar-refractivity contribution is 4.88. The predicted molar refractivity (Wildman–Crippen MR) is 82.6 cm³/mol. The molecule has 2 aliphatic rings. The fourth-order valence-corrected chi connectivity index (χ4v) is 4.07. The molecule has 2 unspecified atom stereocenters. The lowest BCUT2D eigenvalue weighted by Crippen LogP contribution is -2.48. The highest BCUT2D eigenvalue weighted by atomic mass is 15.3. The quantitative estimate of drug-likeness (QED) is 0.843. The molecule has 3 nitrogen and oxygen atoms in total. The van der Waals surface area contributed by atoms with Crippen LogP contribution in [0.3, 0.4) is 0 Å². The largest absolute Gasteiger partial charge is 0.317 e. The molecule has 2 fully saturated rings. The zero-order chi connectivity index (χ0) is 13.7. The summed E-state index contributed by atoms with van der Waals surface area (Å²) in [7, 11) is 0. The summed E-state index contributed by atoms with van der Waals surface area (Å²) in [5.41, 5.74) is 0. The van der Waals surface area contributed by atoms with Crippen molar-refractivity contribution in [1.29, 1.82) is 0 Å². The minimum Gasteiger partial charge on any atom is -0.317 e. The first-order chi connectivity index (χ1) is 9.30. The van der Waals surface area contributed by atoms with Crippen LogP contribution in [0.4, 0.5) is 0 Å². The van der Waals surface area contributed by atoms with Crippen molar-refractivity contribution in [3.8, 4) is 0 Å². The van der Waals surface area contributed by atoms with Crippen LogP contribution in [0.5, 0.6) is 0 Å². The third-order valence-corrected chi connectivity index (χ3v) is 5.27. The summed E-state index contributed by atoms with van der Waals surface area (Å²) < 4.78 is 0. The molecular weight excluding hydrogens is 234 g/mol. The fourth-order valence-electron chi connectivity index (χ4n) is 4.07. The topological polar surface area (TPSA) is 18.5 Å². The second-order valence-corrected chi connectivity index (χ2v) is 6.22. The molecule has 2 aliphatic heterocycles. The number of nitrogens with zero attached hydrogens (tertiary/aromatic N) is 2. The third kappa shape index (κ3) is 3.71. The number of likely N-dealkylation sites (N-methyl/N-ethyl adjacent to an activating group) is 1. The van der Waals surface area contributed by atoms with E-state index in [0.717, 1.165) is 18.1 Å². The summed E-state index contributed by atoms with van der Waals surface area (Å²) in [5.74, 6) is 0. The lowest BCUT2D eigenvalue weighted by molar-refractivity contribution is 0.113. The van der Waals surface area contributed by atoms with Crippen molar-refractivity contribution in [2.24, 2.45) is 0 Å². The van der Waals surface area contributed by atoms with Crippen molar-refractivity contribution in [2.45, 2.75) is 71.0 Å². The number of nitrogens with one attached hydrogen (secondary N) is 1. The molecule has 0 aromatic rings. The van der Waals surface area contributed by atoms with Crippen LogP contribution in [0.1, 0.15) is 52.9 Å². The highest BCUT2D eigenvalue weighted by Crippen LogP contribution is 2.24. The Morgan fingerprint density at radius 3 is 2.21 bits per heavy atom. The van der Waals surface area contributed by atoms with Gasteiger partial charge in [-0.15, -0.1) is 0 Å². The molecule has 0 radical (unpaired) electrons. The lowest BCUT2D eigenvalue weighted by Gasteiger charge is -2.37. The van der Waals surface area contributed by atoms with Crippen LogP contribution < -0.4 is 5.32 Å². The third-order valence-electron chi connectivity index (χ3n) is 5.27. The van der Waals surface area contributed by atoms with Gasteiger partial charge in [-0.25, -0.2) is 0 Å². The van der Waals surface area contributed by atoms with Gasteiger partial charge in [0.05, 0.1) is 0 Å². The molecule has 2 heterocycles. The Labute approximate surface area is 119 Å². The smallest absolute Gasteiger partial charge is 0.0223 e. The van der Waals surface area contributed by atoms with Gasteiger partial charge in [-0.3, -0.25) is 9.80 Å². The van der Waals surface area contributed by atoms with Crippen molar-refractivity contribution in [2.75, 3.05) is 32.7 Å². The van der Waals surface area contributed by atoms with E-state index in [-0.39, 0.29) is 0 Å². The highest BCUT2D eigenvalue weighted by Gasteiger charge is 2.31. The van der Waals surface area contributed by atoms with Crippen molar-refractivity contribution in [1.82, 2.24) is 15.1 Å². The number of hydrogen-bond acceptors (Lipinski definition) is 3. The molecule has 0 aromatic heterocycles. The summed E-state index contributed by atoms with van der Waals surface area (Å²) in [5, 5.41) is 3.50. The van der Waals surface area contributed by atoms with E-state index in [1.807, 2.05) is 0 Å². The van der Waals surface area contributed by atoms with Crippen molar-refractivity contribution >= 4 is 0 Å². The fraction of sp³-hybridized carbons (Fsp3) is 1.00. The van der Waals surface area contributed by atoms with Gasteiger partial charge in [-0.2, -0.15) is 0 Å². The molecule has 0 amide bonds. The van der Waals surface area contributed by atoms with Gasteiger partial charge in [0.15, 0.2) is 0 Å². The number of hydrogen-bond donors (Lipinski definition) is 1. The van der Waals surface area contributed by atoms with Crippen molar-refractivity contribution < 1.29 is 0 Å². The Hall–Kier alpha value is -0.120. The van der Waals surface area contributed by atoms with E-state index in [9.17, 15) is 0 Å². The second kappa shape index (κ2) is 7.61. The number of rotatable bonds is 4. The maximum atomic E-state index is 3.50. The minimum atomic E-state index is 0.771. The standard InChI is InChI=1S/C16H33N3/c1-4-14-9-12-18(16-7-10-17-11-8-16)13-15(5-2)19(14)6-3/h14-17H,4-13H2,1-3H3. The van der Waals surface area contributed by atoms with E-state index in [1.54, 1.807) is 0 Å². The van der Waals surface area contributed by atoms with Crippen LogP contribution in [-0.2, 0) is 0 Å². The van der Waals surface area contributed by atoms with Gasteiger partial charge in [0.2, 0.25) is 0 Å². The first-order valence-electron chi connectivity index (χ1n) is 8.50. The summed E-state index contributed by atoms with van der Waals surface area (Å²) in [6.45, 7) is 13.3. The van der Waals surface area contributed by atoms with Crippen molar-refractivity contribution in [3.05, 3.63) is 0 Å². The van der Waals surface area contributed by atoms with Gasteiger partial charge >= 0.3 is 0 Å². The van der Waals surface area contributed by atoms with Gasteiger partial charge in [0, 0.05) is 24.7 Å². The predicted octanol–water partition coefficient (Wildman–Crippen LogP) is 2.32. The van der Waals surface area contributed by atoms with Crippen LogP contribution in [-0.4, -0.2) is 60.6 Å². The van der Waals surface area contributed by atoms with Crippen LogP contribution in [0, 0.1) is 0 Å². The van der Waals surface area contributed by atoms with E-state index in [2.05, 4.69) is 35.9 Å². The van der Waals surface area contributed by atoms with Gasteiger partial charge in [0.1, 0.15) is 0 Å². The zero-order valence-electron chi connectivity index (χ0n) is 13.2. The Morgan fingerprint density at radius 1 is 0.947 bits per heavy atom. The molecule has 0 aromatic carbocycles. The molecular formula is C16H33N3. The SMILES string of the molecule is CCC1CCN(C2CCNCC2)CC(CC)N1CC. The minimum absolute atomic E-state index is 0.771. The normalized spacial score (nSPS) is 32.4. The molecule has 0 aliphatic carbocycles. The Morgan fingerprint density at radius 2 is 1.63 bits per heavy atom. The molecule has 0 saturated carbocycles. The van der Waals surface area contributed by atoms with Crippen molar-refractivity contribution in [3.63, 3.8) is 0 Å². The average Bonchev–Trinajstić information content (AvgIpc) is 2.66. The van der Waals surface area contributed by atoms with Gasteiger partial charge in [0.25, 0.3) is 0 Å². The van der Waals surface area contributed by atoms with Gasteiger partial charge in [-0.1, -0.05) is 20.8 Å². The zero-order valence-corrected chi connectivity index (χ0v) is 13.2. The average molecular weight is 267 g/mol. The summed E-state index contributed by atoms with van der Waals surface area (Å²) in [6.07, 6.45) is 6.67. The van der Waals surface area contributed by atoms with Gasteiger partial charge < -0.3 is 5.32 Å². The van der Waals surface area contributed by atoms with E-state index >= 15 is 0 Å². The first kappa shape index (κ1) is 15.3. The monoisotopic (exact) mass is 267 g/mol. The Bertz CT molecular complexity index is 250. The van der Waals surface area contributed by atoms with E-state index < -0.39 is 0 Å². The molecule has 2 atom stereocenters. The molecule has 0 bridgehead atoms. The molecule has 2 saturated heterocycles. The lowest BCUT2D eigenvalue weighted by atomic mass is 10.0. The molecule has 3 heteroatoms. The van der Waals surface area contributed by atoms with E-state index in [1.165, 1.54) is 64.8 Å². The molecule has 112 valence electrons. The van der Waals surface area contributed by atoms with Crippen LogP contribution >= 0.6 is 0 Å². The summed E-state index contributed by atoms with van der Waals surface area (Å²) >= 11 is 0. The molecule has 0 spiro atoms.